The van der Waals surface area contributed by atoms with Gasteiger partial charge in [-0.05, 0) is 28.7 Å². The molecule has 27 heavy (non-hydrogen) atoms. The molecular formula is C22H22N2O3. The van der Waals surface area contributed by atoms with E-state index in [-0.39, 0.29) is 23.6 Å². The summed E-state index contributed by atoms with van der Waals surface area (Å²) in [5, 5.41) is 5.42. The number of nitrogens with one attached hydrogen (secondary N) is 1. The van der Waals surface area contributed by atoms with Gasteiger partial charge < -0.3 is 0 Å². The molecule has 4 atom stereocenters. The number of imide groups is 1. The Hall–Kier alpha value is -2.53. The van der Waals surface area contributed by atoms with Gasteiger partial charge in [-0.2, -0.15) is 0 Å². The van der Waals surface area contributed by atoms with E-state index in [9.17, 15) is 14.4 Å². The molecule has 2 fully saturated rings. The lowest BCUT2D eigenvalue weighted by Gasteiger charge is -2.30. The Balaban J connectivity index is 1.78. The molecule has 1 unspecified atom stereocenters. The fraction of sp³-hybridized carbons (Fsp3) is 0.409. The molecule has 138 valence electrons. The third-order valence-corrected chi connectivity index (χ3v) is 6.54. The molecule has 2 aromatic rings. The number of benzene rings is 2. The predicted molar refractivity (Wildman–Crippen MR) is 101 cm³/mol. The first-order valence-electron chi connectivity index (χ1n) is 9.54. The van der Waals surface area contributed by atoms with Crippen LogP contribution in [0.15, 0.2) is 36.4 Å². The number of amides is 2. The summed E-state index contributed by atoms with van der Waals surface area (Å²) in [5.41, 5.74) is 0.359. The van der Waals surface area contributed by atoms with E-state index in [0.717, 1.165) is 22.8 Å². The van der Waals surface area contributed by atoms with Crippen LogP contribution in [-0.2, 0) is 15.1 Å². The molecule has 0 aromatic heterocycles. The highest BCUT2D eigenvalue weighted by Gasteiger charge is 2.69. The first kappa shape index (κ1) is 16.6. The van der Waals surface area contributed by atoms with Crippen LogP contribution in [0, 0.1) is 17.8 Å². The molecule has 5 rings (SSSR count). The Labute approximate surface area is 157 Å². The van der Waals surface area contributed by atoms with Crippen LogP contribution < -0.4 is 5.32 Å². The topological polar surface area (TPSA) is 66.5 Å². The van der Waals surface area contributed by atoms with Crippen LogP contribution in [-0.4, -0.2) is 35.6 Å². The minimum absolute atomic E-state index is 0.0768. The number of nitrogens with zero attached hydrogens (tertiary/aromatic N) is 1. The molecule has 5 nitrogen and oxygen atoms in total. The number of carbonyl (C=O) groups excluding carboxylic acids is 3. The molecule has 3 aliphatic rings. The van der Waals surface area contributed by atoms with Crippen LogP contribution >= 0.6 is 0 Å². The number of fused-ring (bicyclic) bond motifs is 3. The highest BCUT2D eigenvalue weighted by atomic mass is 16.2. The lowest BCUT2D eigenvalue weighted by molar-refractivity contribution is -0.139. The van der Waals surface area contributed by atoms with Crippen molar-refractivity contribution in [2.24, 2.45) is 17.8 Å². The van der Waals surface area contributed by atoms with Gasteiger partial charge in [-0.25, -0.2) is 0 Å². The molecule has 1 aliphatic carbocycles. The molecule has 2 aliphatic heterocycles. The molecule has 2 heterocycles. The van der Waals surface area contributed by atoms with Crippen molar-refractivity contribution in [1.82, 2.24) is 10.2 Å². The van der Waals surface area contributed by atoms with Crippen molar-refractivity contribution < 1.29 is 14.4 Å². The average Bonchev–Trinajstić information content (AvgIpc) is 3.18. The van der Waals surface area contributed by atoms with E-state index in [2.05, 4.69) is 19.2 Å². The highest BCUT2D eigenvalue weighted by Crippen LogP contribution is 2.55. The molecular weight excluding hydrogens is 340 g/mol. The second kappa shape index (κ2) is 5.26. The zero-order valence-corrected chi connectivity index (χ0v) is 15.7. The number of ketones is 1. The summed E-state index contributed by atoms with van der Waals surface area (Å²) >= 11 is 0. The number of rotatable bonds is 2. The van der Waals surface area contributed by atoms with Crippen molar-refractivity contribution in [2.45, 2.75) is 31.8 Å². The van der Waals surface area contributed by atoms with Crippen molar-refractivity contribution in [3.05, 3.63) is 47.5 Å². The van der Waals surface area contributed by atoms with Gasteiger partial charge in [0.15, 0.2) is 5.78 Å². The van der Waals surface area contributed by atoms with Gasteiger partial charge >= 0.3 is 0 Å². The Morgan fingerprint density at radius 2 is 1.78 bits per heavy atom. The van der Waals surface area contributed by atoms with E-state index >= 15 is 0 Å². The summed E-state index contributed by atoms with van der Waals surface area (Å²) in [6, 6.07) is 11.4. The van der Waals surface area contributed by atoms with Crippen LogP contribution in [0.3, 0.4) is 0 Å². The van der Waals surface area contributed by atoms with Crippen LogP contribution in [0.1, 0.15) is 36.2 Å². The predicted octanol–water partition coefficient (Wildman–Crippen LogP) is 2.48. The van der Waals surface area contributed by atoms with Crippen LogP contribution in [0.25, 0.3) is 10.8 Å². The Morgan fingerprint density at radius 1 is 1.07 bits per heavy atom. The van der Waals surface area contributed by atoms with E-state index in [0.29, 0.717) is 11.5 Å². The molecule has 5 heteroatoms. The lowest BCUT2D eigenvalue weighted by atomic mass is 9.75. The molecule has 1 N–H and O–H groups in total. The van der Waals surface area contributed by atoms with E-state index in [1.807, 2.05) is 36.4 Å². The zero-order chi connectivity index (χ0) is 19.1. The van der Waals surface area contributed by atoms with E-state index in [1.54, 1.807) is 0 Å². The smallest absolute Gasteiger partial charge is 0.235 e. The van der Waals surface area contributed by atoms with Crippen molar-refractivity contribution in [2.75, 3.05) is 7.05 Å². The second-order valence-corrected chi connectivity index (χ2v) is 8.47. The van der Waals surface area contributed by atoms with Crippen LogP contribution in [0.4, 0.5) is 0 Å². The lowest BCUT2D eigenvalue weighted by Crippen LogP contribution is -2.52. The fourth-order valence-corrected chi connectivity index (χ4v) is 5.53. The number of hydrogen-bond donors (Lipinski definition) is 1. The molecule has 0 saturated carbocycles. The number of Topliss-reactive ketones (excluding diaryl/α,β-unsaturated/α-hetero) is 1. The van der Waals surface area contributed by atoms with E-state index in [4.69, 9.17) is 0 Å². The first-order valence-corrected chi connectivity index (χ1v) is 9.54. The van der Waals surface area contributed by atoms with Crippen molar-refractivity contribution >= 4 is 28.4 Å². The summed E-state index contributed by atoms with van der Waals surface area (Å²) in [6.45, 7) is 4.19. The summed E-state index contributed by atoms with van der Waals surface area (Å²) in [6.07, 6.45) is 0.745. The second-order valence-electron chi connectivity index (χ2n) is 8.47. The van der Waals surface area contributed by atoms with Gasteiger partial charge in [0.2, 0.25) is 11.8 Å². The van der Waals surface area contributed by atoms with Gasteiger partial charge in [0, 0.05) is 18.7 Å². The maximum absolute atomic E-state index is 13.7. The summed E-state index contributed by atoms with van der Waals surface area (Å²) < 4.78 is 0. The van der Waals surface area contributed by atoms with Crippen molar-refractivity contribution in [3.63, 3.8) is 0 Å². The Bertz CT molecular complexity index is 1020. The monoisotopic (exact) mass is 362 g/mol. The standard InChI is InChI=1S/C22H22N2O3/c1-11(2)10-15-17-18(21(27)24(3)20(17)26)22(23-15)14-9-5-7-12-6-4-8-13(16(12)14)19(22)25/h4-9,11,15,17-18,23H,10H2,1-3H3/t15-,17?,18-,22+/m0/s1. The first-order chi connectivity index (χ1) is 12.9. The Kier molecular flexibility index (Phi) is 3.24. The fourth-order valence-electron chi connectivity index (χ4n) is 5.53. The number of likely N-dealkylation sites (tertiary alicyclic amines) is 1. The summed E-state index contributed by atoms with van der Waals surface area (Å²) in [5.74, 6) is -1.31. The van der Waals surface area contributed by atoms with Gasteiger partial charge in [-0.15, -0.1) is 0 Å². The molecule has 0 bridgehead atoms. The highest BCUT2D eigenvalue weighted by molar-refractivity contribution is 6.23. The maximum atomic E-state index is 13.7. The Morgan fingerprint density at radius 3 is 2.48 bits per heavy atom. The maximum Gasteiger partial charge on any atom is 0.235 e. The minimum Gasteiger partial charge on any atom is -0.297 e. The van der Waals surface area contributed by atoms with Crippen LogP contribution in [0.2, 0.25) is 0 Å². The zero-order valence-electron chi connectivity index (χ0n) is 15.7. The molecule has 2 aromatic carbocycles. The van der Waals surface area contributed by atoms with E-state index in [1.165, 1.54) is 11.9 Å². The molecule has 2 amide bonds. The third-order valence-electron chi connectivity index (χ3n) is 6.54. The number of carbonyl (C=O) groups is 3. The van der Waals surface area contributed by atoms with Crippen LogP contribution in [0.5, 0.6) is 0 Å². The minimum atomic E-state index is -1.13. The quantitative estimate of drug-likeness (QED) is 0.834. The summed E-state index contributed by atoms with van der Waals surface area (Å²) in [4.78, 5) is 40.9. The SMILES string of the molecule is CC(C)C[C@@H]1N[C@@]2(C(=O)c3cccc4cccc2c34)[C@@H]2C(=O)N(C)C(=O)C12. The summed E-state index contributed by atoms with van der Waals surface area (Å²) in [7, 11) is 1.54. The van der Waals surface area contributed by atoms with Gasteiger partial charge in [0.25, 0.3) is 0 Å². The van der Waals surface area contributed by atoms with Gasteiger partial charge in [-0.3, -0.25) is 24.6 Å². The van der Waals surface area contributed by atoms with Gasteiger partial charge in [-0.1, -0.05) is 50.2 Å². The average molecular weight is 362 g/mol. The molecule has 1 spiro atoms. The molecule has 2 saturated heterocycles. The van der Waals surface area contributed by atoms with Gasteiger partial charge in [0.05, 0.1) is 11.8 Å². The largest absolute Gasteiger partial charge is 0.297 e. The van der Waals surface area contributed by atoms with Crippen molar-refractivity contribution in [1.29, 1.82) is 0 Å². The molecule has 0 radical (unpaired) electrons. The third kappa shape index (κ3) is 1.85. The van der Waals surface area contributed by atoms with E-state index < -0.39 is 17.4 Å². The number of hydrogen-bond acceptors (Lipinski definition) is 4. The normalized spacial score (nSPS) is 31.8. The van der Waals surface area contributed by atoms with Crippen molar-refractivity contribution in [3.8, 4) is 0 Å². The van der Waals surface area contributed by atoms with Gasteiger partial charge in [0.1, 0.15) is 5.54 Å².